The molecular formula is C17H18N2O3. The molecule has 0 N–H and O–H groups in total. The van der Waals surface area contributed by atoms with E-state index in [1.54, 1.807) is 21.9 Å². The molecule has 0 atom stereocenters. The van der Waals surface area contributed by atoms with Crippen molar-refractivity contribution in [2.45, 2.75) is 19.8 Å². The van der Waals surface area contributed by atoms with Crippen LogP contribution in [0.15, 0.2) is 47.1 Å². The van der Waals surface area contributed by atoms with Gasteiger partial charge in [0.1, 0.15) is 6.67 Å². The number of anilines is 1. The van der Waals surface area contributed by atoms with E-state index in [2.05, 4.69) is 0 Å². The number of aryl methyl sites for hydroxylation is 1. The van der Waals surface area contributed by atoms with Crippen molar-refractivity contribution < 1.29 is 14.0 Å². The van der Waals surface area contributed by atoms with Crippen LogP contribution in [0.5, 0.6) is 0 Å². The number of benzene rings is 1. The van der Waals surface area contributed by atoms with Gasteiger partial charge in [-0.2, -0.15) is 0 Å². The van der Waals surface area contributed by atoms with E-state index >= 15 is 0 Å². The van der Waals surface area contributed by atoms with Gasteiger partial charge in [0.2, 0.25) is 5.91 Å². The molecule has 1 saturated heterocycles. The minimum Gasteiger partial charge on any atom is -0.459 e. The van der Waals surface area contributed by atoms with Gasteiger partial charge in [0, 0.05) is 18.7 Å². The van der Waals surface area contributed by atoms with Crippen molar-refractivity contribution in [1.82, 2.24) is 4.90 Å². The first kappa shape index (κ1) is 14.4. The number of hydrogen-bond donors (Lipinski definition) is 0. The Morgan fingerprint density at radius 1 is 1.27 bits per heavy atom. The van der Waals surface area contributed by atoms with Gasteiger partial charge in [-0.05, 0) is 37.6 Å². The van der Waals surface area contributed by atoms with Gasteiger partial charge in [-0.25, -0.2) is 0 Å². The van der Waals surface area contributed by atoms with E-state index in [1.807, 2.05) is 31.2 Å². The third kappa shape index (κ3) is 2.88. The fraction of sp³-hybridized carbons (Fsp3) is 0.294. The average molecular weight is 298 g/mol. The van der Waals surface area contributed by atoms with Crippen LogP contribution in [0, 0.1) is 6.92 Å². The Balaban J connectivity index is 1.89. The normalized spacial score (nSPS) is 14.4. The highest BCUT2D eigenvalue weighted by molar-refractivity contribution is 6.04. The topological polar surface area (TPSA) is 53.8 Å². The highest BCUT2D eigenvalue weighted by Gasteiger charge is 2.27. The standard InChI is InChI=1S/C17H18N2O3/c1-13-6-8-14(9-7-13)19(12-18-10-2-5-16(18)20)17(21)15-4-3-11-22-15/h3-4,6-9,11H,2,5,10,12H2,1H3. The lowest BCUT2D eigenvalue weighted by molar-refractivity contribution is -0.127. The second-order valence-electron chi connectivity index (χ2n) is 5.45. The first-order valence-corrected chi connectivity index (χ1v) is 7.35. The number of nitrogens with zero attached hydrogens (tertiary/aromatic N) is 2. The molecule has 0 aliphatic carbocycles. The van der Waals surface area contributed by atoms with Crippen molar-refractivity contribution in [1.29, 1.82) is 0 Å². The first-order valence-electron chi connectivity index (χ1n) is 7.35. The number of carbonyl (C=O) groups excluding carboxylic acids is 2. The van der Waals surface area contributed by atoms with E-state index in [0.717, 1.165) is 17.7 Å². The monoisotopic (exact) mass is 298 g/mol. The van der Waals surface area contributed by atoms with Gasteiger partial charge in [-0.3, -0.25) is 14.5 Å². The number of rotatable bonds is 4. The van der Waals surface area contributed by atoms with Gasteiger partial charge in [0.15, 0.2) is 5.76 Å². The summed E-state index contributed by atoms with van der Waals surface area (Å²) in [5, 5.41) is 0. The van der Waals surface area contributed by atoms with Crippen LogP contribution in [-0.4, -0.2) is 29.9 Å². The van der Waals surface area contributed by atoms with Gasteiger partial charge in [-0.15, -0.1) is 0 Å². The molecule has 1 aromatic carbocycles. The molecule has 1 aliphatic rings. The van der Waals surface area contributed by atoms with Crippen molar-refractivity contribution in [3.8, 4) is 0 Å². The Hall–Kier alpha value is -2.56. The van der Waals surface area contributed by atoms with Crippen LogP contribution in [0.1, 0.15) is 29.0 Å². The van der Waals surface area contributed by atoms with Gasteiger partial charge < -0.3 is 9.32 Å². The molecule has 5 nitrogen and oxygen atoms in total. The third-order valence-corrected chi connectivity index (χ3v) is 3.81. The molecule has 22 heavy (non-hydrogen) atoms. The second-order valence-corrected chi connectivity index (χ2v) is 5.45. The predicted molar refractivity (Wildman–Crippen MR) is 82.5 cm³/mol. The average Bonchev–Trinajstić information content (AvgIpc) is 3.17. The van der Waals surface area contributed by atoms with Crippen LogP contribution in [-0.2, 0) is 4.79 Å². The van der Waals surface area contributed by atoms with Crippen molar-refractivity contribution in [2.24, 2.45) is 0 Å². The summed E-state index contributed by atoms with van der Waals surface area (Å²) in [6, 6.07) is 11.0. The maximum absolute atomic E-state index is 12.7. The van der Waals surface area contributed by atoms with E-state index < -0.39 is 0 Å². The molecule has 0 bridgehead atoms. The summed E-state index contributed by atoms with van der Waals surface area (Å²) in [7, 11) is 0. The van der Waals surface area contributed by atoms with E-state index in [-0.39, 0.29) is 24.2 Å². The lowest BCUT2D eigenvalue weighted by Crippen LogP contribution is -2.42. The highest BCUT2D eigenvalue weighted by atomic mass is 16.3. The van der Waals surface area contributed by atoms with Crippen LogP contribution in [0.4, 0.5) is 5.69 Å². The number of carbonyl (C=O) groups is 2. The van der Waals surface area contributed by atoms with E-state index in [9.17, 15) is 9.59 Å². The minimum atomic E-state index is -0.242. The highest BCUT2D eigenvalue weighted by Crippen LogP contribution is 2.21. The molecule has 0 radical (unpaired) electrons. The summed E-state index contributed by atoms with van der Waals surface area (Å²) >= 11 is 0. The SMILES string of the molecule is Cc1ccc(N(CN2CCCC2=O)C(=O)c2ccco2)cc1. The molecule has 5 heteroatoms. The van der Waals surface area contributed by atoms with E-state index in [1.165, 1.54) is 6.26 Å². The summed E-state index contributed by atoms with van der Waals surface area (Å²) in [6.07, 6.45) is 2.87. The quantitative estimate of drug-likeness (QED) is 0.872. The molecule has 0 spiro atoms. The maximum atomic E-state index is 12.7. The summed E-state index contributed by atoms with van der Waals surface area (Å²) in [5.41, 5.74) is 1.87. The zero-order chi connectivity index (χ0) is 15.5. The van der Waals surface area contributed by atoms with E-state index in [4.69, 9.17) is 4.42 Å². The van der Waals surface area contributed by atoms with Crippen molar-refractivity contribution >= 4 is 17.5 Å². The number of amides is 2. The molecule has 0 unspecified atom stereocenters. The van der Waals surface area contributed by atoms with Crippen LogP contribution in [0.2, 0.25) is 0 Å². The maximum Gasteiger partial charge on any atom is 0.295 e. The zero-order valence-corrected chi connectivity index (χ0v) is 12.5. The van der Waals surface area contributed by atoms with Crippen LogP contribution < -0.4 is 4.90 Å². The summed E-state index contributed by atoms with van der Waals surface area (Å²) < 4.78 is 5.22. The minimum absolute atomic E-state index is 0.0874. The molecule has 1 aromatic heterocycles. The number of hydrogen-bond acceptors (Lipinski definition) is 3. The third-order valence-electron chi connectivity index (χ3n) is 3.81. The summed E-state index contributed by atoms with van der Waals surface area (Å²) in [6.45, 7) is 2.93. The zero-order valence-electron chi connectivity index (χ0n) is 12.5. The largest absolute Gasteiger partial charge is 0.459 e. The molecule has 2 amide bonds. The van der Waals surface area contributed by atoms with Crippen LogP contribution >= 0.6 is 0 Å². The van der Waals surface area contributed by atoms with Gasteiger partial charge in [-0.1, -0.05) is 17.7 Å². The predicted octanol–water partition coefficient (Wildman–Crippen LogP) is 2.81. The smallest absolute Gasteiger partial charge is 0.295 e. The number of furan rings is 1. The first-order chi connectivity index (χ1) is 10.6. The lowest BCUT2D eigenvalue weighted by atomic mass is 10.2. The van der Waals surface area contributed by atoms with Crippen LogP contribution in [0.25, 0.3) is 0 Å². The fourth-order valence-corrected chi connectivity index (χ4v) is 2.55. The van der Waals surface area contributed by atoms with Crippen LogP contribution in [0.3, 0.4) is 0 Å². The Kier molecular flexibility index (Phi) is 3.96. The Labute approximate surface area is 129 Å². The fourth-order valence-electron chi connectivity index (χ4n) is 2.55. The molecular weight excluding hydrogens is 280 g/mol. The molecule has 3 rings (SSSR count). The van der Waals surface area contributed by atoms with Crippen molar-refractivity contribution in [3.05, 3.63) is 54.0 Å². The molecule has 1 fully saturated rings. The summed E-state index contributed by atoms with van der Waals surface area (Å²) in [5.74, 6) is 0.116. The second kappa shape index (κ2) is 6.05. The van der Waals surface area contributed by atoms with Gasteiger partial charge >= 0.3 is 0 Å². The Bertz CT molecular complexity index is 662. The number of likely N-dealkylation sites (tertiary alicyclic amines) is 1. The Morgan fingerprint density at radius 2 is 2.05 bits per heavy atom. The molecule has 1 aliphatic heterocycles. The molecule has 2 aromatic rings. The molecule has 114 valence electrons. The molecule has 2 heterocycles. The van der Waals surface area contributed by atoms with Crippen molar-refractivity contribution in [2.75, 3.05) is 18.1 Å². The lowest BCUT2D eigenvalue weighted by Gasteiger charge is -2.27. The Morgan fingerprint density at radius 3 is 2.64 bits per heavy atom. The summed E-state index contributed by atoms with van der Waals surface area (Å²) in [4.78, 5) is 27.8. The van der Waals surface area contributed by atoms with Crippen molar-refractivity contribution in [3.63, 3.8) is 0 Å². The van der Waals surface area contributed by atoms with Gasteiger partial charge in [0.25, 0.3) is 5.91 Å². The van der Waals surface area contributed by atoms with E-state index in [0.29, 0.717) is 13.0 Å². The molecule has 0 saturated carbocycles. The van der Waals surface area contributed by atoms with Gasteiger partial charge in [0.05, 0.1) is 6.26 Å².